The lowest BCUT2D eigenvalue weighted by Crippen LogP contribution is -2.55. The van der Waals surface area contributed by atoms with Crippen LogP contribution in [0.2, 0.25) is 0 Å². The van der Waals surface area contributed by atoms with Crippen LogP contribution in [-0.2, 0) is 16.0 Å². The summed E-state index contributed by atoms with van der Waals surface area (Å²) in [5.41, 5.74) is -1.50. The number of ether oxygens (including phenoxy) is 1. The molecule has 0 unspecified atom stereocenters. The molecular weight excluding hydrogens is 271 g/mol. The lowest BCUT2D eigenvalue weighted by atomic mass is 10.1. The van der Waals surface area contributed by atoms with Crippen LogP contribution < -0.4 is 0 Å². The number of fused-ring (bicyclic) bond motifs is 1. The molecule has 20 heavy (non-hydrogen) atoms. The summed E-state index contributed by atoms with van der Waals surface area (Å²) in [6, 6.07) is 8.63. The van der Waals surface area contributed by atoms with Crippen LogP contribution in [0.15, 0.2) is 30.3 Å². The molecule has 3 nitrogen and oxygen atoms in total. The molecule has 6 heteroatoms. The van der Waals surface area contributed by atoms with Gasteiger partial charge in [-0.25, -0.2) is 0 Å². The molecule has 2 atom stereocenters. The van der Waals surface area contributed by atoms with Gasteiger partial charge in [0.05, 0.1) is 12.6 Å². The van der Waals surface area contributed by atoms with Gasteiger partial charge in [-0.15, -0.1) is 0 Å². The first-order valence-electron chi connectivity index (χ1n) is 6.51. The maximum absolute atomic E-state index is 13.3. The Balaban J connectivity index is 1.87. The van der Waals surface area contributed by atoms with Crippen LogP contribution in [0.4, 0.5) is 13.2 Å². The average molecular weight is 285 g/mol. The van der Waals surface area contributed by atoms with Crippen LogP contribution in [0.25, 0.3) is 0 Å². The van der Waals surface area contributed by atoms with Crippen LogP contribution in [0.5, 0.6) is 0 Å². The van der Waals surface area contributed by atoms with Gasteiger partial charge in [0, 0.05) is 12.8 Å². The van der Waals surface area contributed by atoms with E-state index in [1.165, 1.54) is 0 Å². The maximum Gasteiger partial charge on any atom is 0.436 e. The molecule has 2 heterocycles. The number of benzene rings is 1. The molecule has 1 aromatic rings. The lowest BCUT2D eigenvalue weighted by molar-refractivity contribution is -0.293. The predicted octanol–water partition coefficient (Wildman–Crippen LogP) is 2.51. The van der Waals surface area contributed by atoms with Crippen LogP contribution >= 0.6 is 0 Å². The van der Waals surface area contributed by atoms with E-state index in [1.54, 1.807) is 0 Å². The van der Waals surface area contributed by atoms with E-state index in [0.717, 1.165) is 10.5 Å². The van der Waals surface area contributed by atoms with E-state index in [2.05, 4.69) is 0 Å². The molecule has 0 aromatic heterocycles. The average Bonchev–Trinajstić information content (AvgIpc) is 2.92. The van der Waals surface area contributed by atoms with Gasteiger partial charge in [0.25, 0.3) is 0 Å². The van der Waals surface area contributed by atoms with Gasteiger partial charge in [-0.3, -0.25) is 4.79 Å². The van der Waals surface area contributed by atoms with Gasteiger partial charge in [-0.05, 0) is 12.0 Å². The molecule has 0 bridgehead atoms. The first kappa shape index (κ1) is 13.4. The van der Waals surface area contributed by atoms with E-state index < -0.39 is 23.9 Å². The molecule has 3 rings (SSSR count). The van der Waals surface area contributed by atoms with Crippen molar-refractivity contribution in [1.29, 1.82) is 0 Å². The minimum absolute atomic E-state index is 0.0693. The van der Waals surface area contributed by atoms with Crippen LogP contribution in [0.3, 0.4) is 0 Å². The van der Waals surface area contributed by atoms with Crippen molar-refractivity contribution in [2.24, 2.45) is 0 Å². The standard InChI is InChI=1S/C14H14F3NO2/c15-14(16,17)13-7-6-12(19)18(13)11(9-20-13)8-10-4-2-1-3-5-10/h1-5,11H,6-9H2/t11-,13+/m0/s1. The number of carbonyl (C=O) groups is 1. The number of carbonyl (C=O) groups excluding carboxylic acids is 1. The summed E-state index contributed by atoms with van der Waals surface area (Å²) in [5, 5.41) is 0. The van der Waals surface area contributed by atoms with Crippen molar-refractivity contribution >= 4 is 5.91 Å². The van der Waals surface area contributed by atoms with Crippen molar-refractivity contribution in [1.82, 2.24) is 4.90 Å². The zero-order chi connectivity index (χ0) is 14.4. The van der Waals surface area contributed by atoms with Gasteiger partial charge in [0.2, 0.25) is 11.6 Å². The second-order valence-corrected chi connectivity index (χ2v) is 5.20. The number of halogens is 3. The highest BCUT2D eigenvalue weighted by molar-refractivity contribution is 5.80. The molecule has 0 aliphatic carbocycles. The Bertz CT molecular complexity index is 517. The highest BCUT2D eigenvalue weighted by atomic mass is 19.4. The van der Waals surface area contributed by atoms with Crippen molar-refractivity contribution in [3.63, 3.8) is 0 Å². The van der Waals surface area contributed by atoms with Crippen molar-refractivity contribution < 1.29 is 22.7 Å². The van der Waals surface area contributed by atoms with Gasteiger partial charge >= 0.3 is 6.18 Å². The molecule has 1 amide bonds. The number of rotatable bonds is 2. The van der Waals surface area contributed by atoms with E-state index in [-0.39, 0.29) is 19.4 Å². The smallest absolute Gasteiger partial charge is 0.345 e. The van der Waals surface area contributed by atoms with Crippen molar-refractivity contribution in [2.75, 3.05) is 6.61 Å². The normalized spacial score (nSPS) is 29.9. The Morgan fingerprint density at radius 1 is 1.30 bits per heavy atom. The summed E-state index contributed by atoms with van der Waals surface area (Å²) in [6.07, 6.45) is -4.58. The number of hydrogen-bond donors (Lipinski definition) is 0. The SMILES string of the molecule is O=C1CC[C@]2(C(F)(F)F)OC[C@H](Cc3ccccc3)N12. The summed E-state index contributed by atoms with van der Waals surface area (Å²) in [6.45, 7) is -0.0693. The van der Waals surface area contributed by atoms with Crippen molar-refractivity contribution in [2.45, 2.75) is 37.2 Å². The number of amides is 1. The van der Waals surface area contributed by atoms with E-state index in [9.17, 15) is 18.0 Å². The maximum atomic E-state index is 13.3. The van der Waals surface area contributed by atoms with Crippen LogP contribution in [0, 0.1) is 0 Å². The van der Waals surface area contributed by atoms with E-state index in [0.29, 0.717) is 6.42 Å². The third kappa shape index (κ3) is 1.90. The zero-order valence-corrected chi connectivity index (χ0v) is 10.7. The number of hydrogen-bond acceptors (Lipinski definition) is 2. The Morgan fingerprint density at radius 3 is 2.65 bits per heavy atom. The summed E-state index contributed by atoms with van der Waals surface area (Å²) in [7, 11) is 0. The Morgan fingerprint density at radius 2 is 2.00 bits per heavy atom. The Hall–Kier alpha value is -1.56. The highest BCUT2D eigenvalue weighted by Crippen LogP contribution is 2.49. The van der Waals surface area contributed by atoms with Gasteiger partial charge in [0.15, 0.2) is 0 Å². The zero-order valence-electron chi connectivity index (χ0n) is 10.7. The molecule has 0 N–H and O–H groups in total. The predicted molar refractivity (Wildman–Crippen MR) is 64.8 cm³/mol. The van der Waals surface area contributed by atoms with E-state index >= 15 is 0 Å². The molecule has 0 spiro atoms. The summed E-state index contributed by atoms with van der Waals surface area (Å²) >= 11 is 0. The molecule has 2 fully saturated rings. The molecule has 2 aliphatic rings. The molecule has 108 valence electrons. The lowest BCUT2D eigenvalue weighted by Gasteiger charge is -2.34. The molecule has 0 saturated carbocycles. The van der Waals surface area contributed by atoms with Crippen molar-refractivity contribution in [3.05, 3.63) is 35.9 Å². The fraction of sp³-hybridized carbons (Fsp3) is 0.500. The third-order valence-corrected chi connectivity index (χ3v) is 3.97. The third-order valence-electron chi connectivity index (χ3n) is 3.97. The van der Waals surface area contributed by atoms with Gasteiger partial charge < -0.3 is 9.64 Å². The first-order valence-corrected chi connectivity index (χ1v) is 6.51. The Labute approximate surface area is 114 Å². The summed E-state index contributed by atoms with van der Waals surface area (Å²) in [4.78, 5) is 12.8. The van der Waals surface area contributed by atoms with Gasteiger partial charge in [-0.2, -0.15) is 13.2 Å². The highest BCUT2D eigenvalue weighted by Gasteiger charge is 2.68. The number of alkyl halides is 3. The molecule has 1 aromatic carbocycles. The second kappa shape index (κ2) is 4.48. The van der Waals surface area contributed by atoms with Gasteiger partial charge in [0.1, 0.15) is 0 Å². The minimum Gasteiger partial charge on any atom is -0.345 e. The quantitative estimate of drug-likeness (QED) is 0.835. The van der Waals surface area contributed by atoms with Crippen LogP contribution in [-0.4, -0.2) is 35.4 Å². The topological polar surface area (TPSA) is 29.5 Å². The molecule has 2 saturated heterocycles. The summed E-state index contributed by atoms with van der Waals surface area (Å²) < 4.78 is 44.9. The molecule has 2 aliphatic heterocycles. The largest absolute Gasteiger partial charge is 0.436 e. The van der Waals surface area contributed by atoms with Crippen LogP contribution in [0.1, 0.15) is 18.4 Å². The first-order chi connectivity index (χ1) is 9.44. The monoisotopic (exact) mass is 285 g/mol. The van der Waals surface area contributed by atoms with Gasteiger partial charge in [-0.1, -0.05) is 30.3 Å². The summed E-state index contributed by atoms with van der Waals surface area (Å²) in [5.74, 6) is -0.472. The number of nitrogens with zero attached hydrogens (tertiary/aromatic N) is 1. The molecule has 0 radical (unpaired) electrons. The Kier molecular flexibility index (Phi) is 3.01. The van der Waals surface area contributed by atoms with E-state index in [4.69, 9.17) is 4.74 Å². The van der Waals surface area contributed by atoms with E-state index in [1.807, 2.05) is 30.3 Å². The fourth-order valence-electron chi connectivity index (χ4n) is 3.06. The van der Waals surface area contributed by atoms with Crippen molar-refractivity contribution in [3.8, 4) is 0 Å². The second-order valence-electron chi connectivity index (χ2n) is 5.20. The fourth-order valence-corrected chi connectivity index (χ4v) is 3.06. The minimum atomic E-state index is -4.55. The molecular formula is C14H14F3NO2.